The number of hydrogen-bond acceptors (Lipinski definition) is 3. The zero-order valence-corrected chi connectivity index (χ0v) is 13.2. The number of nitrogens with one attached hydrogen (secondary N) is 1. The first kappa shape index (κ1) is 14.8. The van der Waals surface area contributed by atoms with E-state index in [1.54, 1.807) is 25.9 Å². The highest BCUT2D eigenvalue weighted by atomic mass is 79.9. The van der Waals surface area contributed by atoms with Crippen molar-refractivity contribution in [2.24, 2.45) is 0 Å². The van der Waals surface area contributed by atoms with Crippen molar-refractivity contribution in [1.29, 1.82) is 0 Å². The van der Waals surface area contributed by atoms with E-state index in [1.807, 2.05) is 18.2 Å². The maximum Gasteiger partial charge on any atom is 0.245 e. The minimum absolute atomic E-state index is 0.0841. The molecule has 0 bridgehead atoms. The number of benzene rings is 1. The van der Waals surface area contributed by atoms with Crippen LogP contribution in [0, 0.1) is 0 Å². The van der Waals surface area contributed by atoms with Gasteiger partial charge < -0.3 is 15.0 Å². The van der Waals surface area contributed by atoms with E-state index < -0.39 is 12.1 Å². The summed E-state index contributed by atoms with van der Waals surface area (Å²) in [6, 6.07) is 4.64. The van der Waals surface area contributed by atoms with E-state index >= 15 is 0 Å². The molecule has 1 N–H and O–H groups in total. The third kappa shape index (κ3) is 2.80. The lowest BCUT2D eigenvalue weighted by atomic mass is 10.1. The van der Waals surface area contributed by atoms with Gasteiger partial charge in [-0.3, -0.25) is 9.59 Å². The Bertz CT molecular complexity index is 547. The number of halogens is 1. The number of rotatable bonds is 3. The molecule has 2 atom stereocenters. The Balaban J connectivity index is 2.30. The van der Waals surface area contributed by atoms with Crippen LogP contribution in [0.25, 0.3) is 0 Å². The Morgan fingerprint density at radius 3 is 2.70 bits per heavy atom. The van der Waals surface area contributed by atoms with Crippen LogP contribution < -0.4 is 10.1 Å². The second-order valence-corrected chi connectivity index (χ2v) is 5.74. The standard InChI is InChI=1S/C14H17BrN2O3/c1-8-14(19)17(9(2)13(18)16-8)7-10-6-11(15)4-5-12(10)20-3/h4-6,8-9H,7H2,1-3H3,(H,16,18). The van der Waals surface area contributed by atoms with E-state index in [0.29, 0.717) is 12.3 Å². The molecule has 5 nitrogen and oxygen atoms in total. The molecular weight excluding hydrogens is 324 g/mol. The van der Waals surface area contributed by atoms with E-state index in [-0.39, 0.29) is 11.8 Å². The van der Waals surface area contributed by atoms with Crippen LogP contribution in [0.5, 0.6) is 5.75 Å². The first-order valence-corrected chi connectivity index (χ1v) is 7.16. The highest BCUT2D eigenvalue weighted by molar-refractivity contribution is 9.10. The van der Waals surface area contributed by atoms with Gasteiger partial charge in [-0.1, -0.05) is 15.9 Å². The van der Waals surface area contributed by atoms with Crippen molar-refractivity contribution < 1.29 is 14.3 Å². The fourth-order valence-corrected chi connectivity index (χ4v) is 2.65. The zero-order valence-electron chi connectivity index (χ0n) is 11.6. The van der Waals surface area contributed by atoms with Gasteiger partial charge in [0.05, 0.1) is 13.7 Å². The lowest BCUT2D eigenvalue weighted by Gasteiger charge is -2.36. The minimum atomic E-state index is -0.489. The van der Waals surface area contributed by atoms with Crippen LogP contribution in [0.4, 0.5) is 0 Å². The normalized spacial score (nSPS) is 22.7. The first-order chi connectivity index (χ1) is 9.43. The summed E-state index contributed by atoms with van der Waals surface area (Å²) in [5.41, 5.74) is 0.865. The number of amides is 2. The number of nitrogens with zero attached hydrogens (tertiary/aromatic N) is 1. The van der Waals surface area contributed by atoms with Crippen LogP contribution in [-0.2, 0) is 16.1 Å². The molecule has 1 aliphatic rings. The molecule has 0 aromatic heterocycles. The third-order valence-electron chi connectivity index (χ3n) is 3.44. The maximum absolute atomic E-state index is 12.2. The Morgan fingerprint density at radius 1 is 1.35 bits per heavy atom. The monoisotopic (exact) mass is 340 g/mol. The van der Waals surface area contributed by atoms with Crippen molar-refractivity contribution in [3.05, 3.63) is 28.2 Å². The lowest BCUT2D eigenvalue weighted by Crippen LogP contribution is -2.60. The molecule has 1 aromatic rings. The molecule has 2 amide bonds. The highest BCUT2D eigenvalue weighted by Crippen LogP contribution is 2.26. The number of piperazine rings is 1. The maximum atomic E-state index is 12.2. The second kappa shape index (κ2) is 5.83. The van der Waals surface area contributed by atoms with Crippen molar-refractivity contribution >= 4 is 27.7 Å². The molecule has 1 saturated heterocycles. The first-order valence-electron chi connectivity index (χ1n) is 6.37. The predicted octanol–water partition coefficient (Wildman–Crippen LogP) is 1.69. The van der Waals surface area contributed by atoms with Gasteiger partial charge in [-0.05, 0) is 32.0 Å². The molecule has 0 spiro atoms. The summed E-state index contributed by atoms with van der Waals surface area (Å²) in [5, 5.41) is 2.66. The van der Waals surface area contributed by atoms with Gasteiger partial charge in [-0.2, -0.15) is 0 Å². The topological polar surface area (TPSA) is 58.6 Å². The van der Waals surface area contributed by atoms with Crippen molar-refractivity contribution in [2.45, 2.75) is 32.5 Å². The van der Waals surface area contributed by atoms with Crippen LogP contribution in [-0.4, -0.2) is 35.9 Å². The van der Waals surface area contributed by atoms with Crippen molar-refractivity contribution in [3.8, 4) is 5.75 Å². The molecular formula is C14H17BrN2O3. The fraction of sp³-hybridized carbons (Fsp3) is 0.429. The third-order valence-corrected chi connectivity index (χ3v) is 3.94. The molecule has 0 radical (unpaired) electrons. The summed E-state index contributed by atoms with van der Waals surface area (Å²) in [6.07, 6.45) is 0. The molecule has 20 heavy (non-hydrogen) atoms. The summed E-state index contributed by atoms with van der Waals surface area (Å²) in [5.74, 6) is 0.483. The Labute approximate surface area is 126 Å². The van der Waals surface area contributed by atoms with Gasteiger partial charge in [0, 0.05) is 10.0 Å². The Kier molecular flexibility index (Phi) is 4.32. The average Bonchev–Trinajstić information content (AvgIpc) is 2.41. The van der Waals surface area contributed by atoms with Gasteiger partial charge >= 0.3 is 0 Å². The summed E-state index contributed by atoms with van der Waals surface area (Å²) in [7, 11) is 1.59. The van der Waals surface area contributed by atoms with Crippen LogP contribution >= 0.6 is 15.9 Å². The zero-order chi connectivity index (χ0) is 14.9. The molecule has 6 heteroatoms. The van der Waals surface area contributed by atoms with E-state index in [0.717, 1.165) is 10.0 Å². The van der Waals surface area contributed by atoms with Crippen molar-refractivity contribution in [2.75, 3.05) is 7.11 Å². The Hall–Kier alpha value is -1.56. The van der Waals surface area contributed by atoms with E-state index in [2.05, 4.69) is 21.2 Å². The van der Waals surface area contributed by atoms with Gasteiger partial charge in [0.15, 0.2) is 0 Å². The molecule has 0 aliphatic carbocycles. The molecule has 1 heterocycles. The molecule has 1 fully saturated rings. The highest BCUT2D eigenvalue weighted by Gasteiger charge is 2.35. The van der Waals surface area contributed by atoms with Crippen molar-refractivity contribution in [1.82, 2.24) is 10.2 Å². The average molecular weight is 341 g/mol. The van der Waals surface area contributed by atoms with Gasteiger partial charge in [0.1, 0.15) is 17.8 Å². The molecule has 2 rings (SSSR count). The summed E-state index contributed by atoms with van der Waals surface area (Å²) in [6.45, 7) is 3.77. The van der Waals surface area contributed by atoms with Gasteiger partial charge in [-0.25, -0.2) is 0 Å². The lowest BCUT2D eigenvalue weighted by molar-refractivity contribution is -0.148. The van der Waals surface area contributed by atoms with Crippen LogP contribution in [0.1, 0.15) is 19.4 Å². The van der Waals surface area contributed by atoms with Gasteiger partial charge in [-0.15, -0.1) is 0 Å². The van der Waals surface area contributed by atoms with E-state index in [4.69, 9.17) is 4.74 Å². The number of carbonyl (C=O) groups is 2. The largest absolute Gasteiger partial charge is 0.496 e. The van der Waals surface area contributed by atoms with Gasteiger partial charge in [0.25, 0.3) is 0 Å². The van der Waals surface area contributed by atoms with Crippen LogP contribution in [0.3, 0.4) is 0 Å². The quantitative estimate of drug-likeness (QED) is 0.910. The number of carbonyl (C=O) groups excluding carboxylic acids is 2. The van der Waals surface area contributed by atoms with Crippen molar-refractivity contribution in [3.63, 3.8) is 0 Å². The summed E-state index contributed by atoms with van der Waals surface area (Å²) < 4.78 is 6.21. The van der Waals surface area contributed by atoms with E-state index in [9.17, 15) is 9.59 Å². The van der Waals surface area contributed by atoms with Crippen LogP contribution in [0.2, 0.25) is 0 Å². The molecule has 2 unspecified atom stereocenters. The summed E-state index contributed by atoms with van der Waals surface area (Å²) >= 11 is 3.41. The van der Waals surface area contributed by atoms with E-state index in [1.165, 1.54) is 0 Å². The molecule has 108 valence electrons. The second-order valence-electron chi connectivity index (χ2n) is 4.83. The fourth-order valence-electron chi connectivity index (χ4n) is 2.25. The Morgan fingerprint density at radius 2 is 2.05 bits per heavy atom. The smallest absolute Gasteiger partial charge is 0.245 e. The number of hydrogen-bond donors (Lipinski definition) is 1. The molecule has 1 aliphatic heterocycles. The van der Waals surface area contributed by atoms with Gasteiger partial charge in [0.2, 0.25) is 11.8 Å². The number of ether oxygens (including phenoxy) is 1. The molecule has 1 aromatic carbocycles. The molecule has 0 saturated carbocycles. The summed E-state index contributed by atoms with van der Waals surface area (Å²) in [4.78, 5) is 25.6. The minimum Gasteiger partial charge on any atom is -0.496 e. The van der Waals surface area contributed by atoms with Crippen LogP contribution in [0.15, 0.2) is 22.7 Å². The number of methoxy groups -OCH3 is 1. The predicted molar refractivity (Wildman–Crippen MR) is 78.3 cm³/mol. The SMILES string of the molecule is COc1ccc(Br)cc1CN1C(=O)C(C)NC(=O)C1C.